The van der Waals surface area contributed by atoms with E-state index in [9.17, 15) is 9.59 Å². The number of rotatable bonds is 6. The number of amides is 1. The number of carbonyl (C=O) groups excluding carboxylic acids is 2. The Labute approximate surface area is 153 Å². The summed E-state index contributed by atoms with van der Waals surface area (Å²) in [6.07, 6.45) is 2.69. The molecule has 0 saturated carbocycles. The van der Waals surface area contributed by atoms with Crippen LogP contribution in [-0.4, -0.2) is 37.7 Å². The number of thioether (sulfide) groups is 1. The molecule has 2 aromatic heterocycles. The van der Waals surface area contributed by atoms with Crippen molar-refractivity contribution in [2.75, 3.05) is 11.1 Å². The van der Waals surface area contributed by atoms with Gasteiger partial charge in [-0.25, -0.2) is 4.68 Å². The van der Waals surface area contributed by atoms with E-state index >= 15 is 0 Å². The zero-order valence-electron chi connectivity index (χ0n) is 13.7. The lowest BCUT2D eigenvalue weighted by Gasteiger charge is -2.17. The van der Waals surface area contributed by atoms with Crippen molar-refractivity contribution in [2.24, 2.45) is 0 Å². The maximum absolute atomic E-state index is 12.5. The summed E-state index contributed by atoms with van der Waals surface area (Å²) < 4.78 is 6.89. The number of aromatic nitrogens is 4. The average molecular weight is 369 g/mol. The lowest BCUT2D eigenvalue weighted by molar-refractivity contribution is -0.116. The SMILES string of the molecule is O=C1CCc2cc(C(=O)CSc3nnnn3Cc3ccco3)ccc2N1. The second kappa shape index (κ2) is 7.12. The van der Waals surface area contributed by atoms with Gasteiger partial charge in [-0.15, -0.1) is 5.10 Å². The number of benzene rings is 1. The number of hydrogen-bond donors (Lipinski definition) is 1. The van der Waals surface area contributed by atoms with Gasteiger partial charge in [0.15, 0.2) is 5.78 Å². The van der Waals surface area contributed by atoms with Gasteiger partial charge in [0.1, 0.15) is 12.3 Å². The van der Waals surface area contributed by atoms with Crippen LogP contribution in [0.15, 0.2) is 46.2 Å². The lowest BCUT2D eigenvalue weighted by Crippen LogP contribution is -2.19. The highest BCUT2D eigenvalue weighted by atomic mass is 32.2. The highest BCUT2D eigenvalue weighted by molar-refractivity contribution is 7.99. The molecular formula is C17H15N5O3S. The van der Waals surface area contributed by atoms with Crippen molar-refractivity contribution in [3.8, 4) is 0 Å². The van der Waals surface area contributed by atoms with Crippen LogP contribution in [-0.2, 0) is 17.8 Å². The van der Waals surface area contributed by atoms with Crippen LogP contribution in [0.3, 0.4) is 0 Å². The summed E-state index contributed by atoms with van der Waals surface area (Å²) in [5.41, 5.74) is 2.40. The zero-order valence-corrected chi connectivity index (χ0v) is 14.5. The van der Waals surface area contributed by atoms with Gasteiger partial charge in [-0.05, 0) is 52.7 Å². The molecule has 0 unspecified atom stereocenters. The van der Waals surface area contributed by atoms with Crippen LogP contribution in [0, 0.1) is 0 Å². The Hall–Kier alpha value is -2.94. The van der Waals surface area contributed by atoms with E-state index in [0.29, 0.717) is 30.1 Å². The monoisotopic (exact) mass is 369 g/mol. The molecule has 0 fully saturated rings. The quantitative estimate of drug-likeness (QED) is 0.525. The van der Waals surface area contributed by atoms with Crippen LogP contribution in [0.25, 0.3) is 0 Å². The van der Waals surface area contributed by atoms with Gasteiger partial charge >= 0.3 is 0 Å². The lowest BCUT2D eigenvalue weighted by atomic mass is 9.99. The number of nitrogens with zero attached hydrogens (tertiary/aromatic N) is 4. The topological polar surface area (TPSA) is 103 Å². The van der Waals surface area contributed by atoms with Crippen LogP contribution in [0.1, 0.15) is 28.1 Å². The molecule has 1 aromatic carbocycles. The van der Waals surface area contributed by atoms with E-state index in [0.717, 1.165) is 17.0 Å². The summed E-state index contributed by atoms with van der Waals surface area (Å²) in [6.45, 7) is 0.412. The normalized spacial score (nSPS) is 13.3. The van der Waals surface area contributed by atoms with Crippen molar-refractivity contribution in [3.05, 3.63) is 53.5 Å². The molecule has 132 valence electrons. The van der Waals surface area contributed by atoms with Gasteiger partial charge in [-0.1, -0.05) is 11.8 Å². The maximum atomic E-state index is 12.5. The Morgan fingerprint density at radius 1 is 1.31 bits per heavy atom. The smallest absolute Gasteiger partial charge is 0.224 e. The Balaban J connectivity index is 1.42. The summed E-state index contributed by atoms with van der Waals surface area (Å²) in [6, 6.07) is 9.01. The number of tetrazole rings is 1. The van der Waals surface area contributed by atoms with Crippen molar-refractivity contribution >= 4 is 29.1 Å². The minimum absolute atomic E-state index is 0.00975. The number of fused-ring (bicyclic) bond motifs is 1. The third-order valence-electron chi connectivity index (χ3n) is 4.04. The first kappa shape index (κ1) is 16.5. The molecule has 26 heavy (non-hydrogen) atoms. The van der Waals surface area contributed by atoms with Crippen LogP contribution in [0.5, 0.6) is 0 Å². The summed E-state index contributed by atoms with van der Waals surface area (Å²) in [4.78, 5) is 23.9. The Morgan fingerprint density at radius 3 is 3.08 bits per heavy atom. The van der Waals surface area contributed by atoms with Gasteiger partial charge in [-0.3, -0.25) is 9.59 Å². The van der Waals surface area contributed by atoms with E-state index < -0.39 is 0 Å². The number of carbonyl (C=O) groups is 2. The molecule has 1 aliphatic rings. The molecule has 0 aliphatic carbocycles. The second-order valence-corrected chi connectivity index (χ2v) is 6.77. The van der Waals surface area contributed by atoms with Gasteiger partial charge in [0.2, 0.25) is 11.1 Å². The molecule has 1 aliphatic heterocycles. The Kier molecular flexibility index (Phi) is 4.53. The van der Waals surface area contributed by atoms with Gasteiger partial charge in [-0.2, -0.15) is 0 Å². The number of aryl methyl sites for hydroxylation is 1. The predicted octanol–water partition coefficient (Wildman–Crippen LogP) is 2.17. The zero-order chi connectivity index (χ0) is 17.9. The fourth-order valence-corrected chi connectivity index (χ4v) is 3.49. The van der Waals surface area contributed by atoms with Gasteiger partial charge in [0, 0.05) is 17.7 Å². The van der Waals surface area contributed by atoms with Crippen LogP contribution in [0.2, 0.25) is 0 Å². The summed E-state index contributed by atoms with van der Waals surface area (Å²) in [5, 5.41) is 14.9. The third-order valence-corrected chi connectivity index (χ3v) is 5.00. The number of ketones is 1. The van der Waals surface area contributed by atoms with E-state index in [-0.39, 0.29) is 17.4 Å². The van der Waals surface area contributed by atoms with E-state index in [1.165, 1.54) is 11.8 Å². The van der Waals surface area contributed by atoms with E-state index in [1.807, 2.05) is 12.1 Å². The first-order valence-corrected chi connectivity index (χ1v) is 9.05. The molecule has 8 nitrogen and oxygen atoms in total. The highest BCUT2D eigenvalue weighted by Gasteiger charge is 2.17. The van der Waals surface area contributed by atoms with Gasteiger partial charge in [0.25, 0.3) is 0 Å². The first-order valence-electron chi connectivity index (χ1n) is 8.06. The minimum atomic E-state index is -0.0118. The first-order chi connectivity index (χ1) is 12.7. The number of nitrogens with one attached hydrogen (secondary N) is 1. The Bertz CT molecular complexity index is 951. The molecule has 0 saturated heterocycles. The van der Waals surface area contributed by atoms with Crippen LogP contribution in [0.4, 0.5) is 5.69 Å². The molecule has 3 heterocycles. The third kappa shape index (κ3) is 3.52. The molecule has 0 bridgehead atoms. The molecule has 3 aromatic rings. The Morgan fingerprint density at radius 2 is 2.23 bits per heavy atom. The summed E-state index contributed by atoms with van der Waals surface area (Å²) >= 11 is 1.28. The number of Topliss-reactive ketones (excluding diaryl/α,β-unsaturated/α-hetero) is 1. The summed E-state index contributed by atoms with van der Waals surface area (Å²) in [7, 11) is 0. The van der Waals surface area contributed by atoms with Gasteiger partial charge in [0.05, 0.1) is 12.0 Å². The molecule has 9 heteroatoms. The number of anilines is 1. The van der Waals surface area contributed by atoms with E-state index in [4.69, 9.17) is 4.42 Å². The van der Waals surface area contributed by atoms with Crippen molar-refractivity contribution in [1.29, 1.82) is 0 Å². The molecule has 0 radical (unpaired) electrons. The van der Waals surface area contributed by atoms with E-state index in [1.54, 1.807) is 29.1 Å². The largest absolute Gasteiger partial charge is 0.467 e. The van der Waals surface area contributed by atoms with Crippen molar-refractivity contribution in [3.63, 3.8) is 0 Å². The van der Waals surface area contributed by atoms with Crippen molar-refractivity contribution in [1.82, 2.24) is 20.2 Å². The molecule has 1 N–H and O–H groups in total. The van der Waals surface area contributed by atoms with E-state index in [2.05, 4.69) is 20.8 Å². The second-order valence-electron chi connectivity index (χ2n) is 5.83. The van der Waals surface area contributed by atoms with Crippen LogP contribution < -0.4 is 5.32 Å². The fourth-order valence-electron chi connectivity index (χ4n) is 2.72. The minimum Gasteiger partial charge on any atom is -0.467 e. The fraction of sp³-hybridized carbons (Fsp3) is 0.235. The summed E-state index contributed by atoms with van der Waals surface area (Å²) in [5.74, 6) is 0.962. The standard InChI is InChI=1S/C17H15N5O3S/c23-15(12-3-5-14-11(8-12)4-6-16(24)18-14)10-26-17-19-20-21-22(17)9-13-2-1-7-25-13/h1-3,5,7-8H,4,6,9-10H2,(H,18,24). The molecule has 4 rings (SSSR count). The predicted molar refractivity (Wildman–Crippen MR) is 94.1 cm³/mol. The highest BCUT2D eigenvalue weighted by Crippen LogP contribution is 2.25. The average Bonchev–Trinajstić information content (AvgIpc) is 3.31. The van der Waals surface area contributed by atoms with Crippen LogP contribution >= 0.6 is 11.8 Å². The van der Waals surface area contributed by atoms with Gasteiger partial charge < -0.3 is 9.73 Å². The number of furan rings is 1. The molecular weight excluding hydrogens is 354 g/mol. The van der Waals surface area contributed by atoms with Crippen molar-refractivity contribution < 1.29 is 14.0 Å². The maximum Gasteiger partial charge on any atom is 0.224 e. The molecule has 0 atom stereocenters. The molecule has 1 amide bonds. The number of hydrogen-bond acceptors (Lipinski definition) is 7. The molecule has 0 spiro atoms. The van der Waals surface area contributed by atoms with Crippen molar-refractivity contribution in [2.45, 2.75) is 24.5 Å².